The molecule has 1 fully saturated rings. The Kier molecular flexibility index (Phi) is 4.96. The number of nitrogens with two attached hydrogens (primary N) is 1. The smallest absolute Gasteiger partial charge is 0.224 e. The summed E-state index contributed by atoms with van der Waals surface area (Å²) >= 11 is 0. The lowest BCUT2D eigenvalue weighted by Crippen LogP contribution is -2.46. The standard InChI is InChI=1S/C14H24N4O/c1-17(13-5-3-2-4-12(13)10-15)14(19)6-8-18-9-7-16-11-18/h7,9,11-13H,2-6,8,10,15H2,1H3. The molecule has 0 radical (unpaired) electrons. The first-order valence-corrected chi connectivity index (χ1v) is 7.14. The van der Waals surface area contributed by atoms with E-state index in [1.165, 1.54) is 12.8 Å². The van der Waals surface area contributed by atoms with Crippen LogP contribution >= 0.6 is 0 Å². The Morgan fingerprint density at radius 3 is 2.95 bits per heavy atom. The highest BCUT2D eigenvalue weighted by Gasteiger charge is 2.29. The molecule has 5 heteroatoms. The molecule has 1 heterocycles. The van der Waals surface area contributed by atoms with Crippen LogP contribution in [0.15, 0.2) is 18.7 Å². The molecule has 1 aliphatic rings. The largest absolute Gasteiger partial charge is 0.342 e. The van der Waals surface area contributed by atoms with Crippen LogP contribution in [0.25, 0.3) is 0 Å². The van der Waals surface area contributed by atoms with Crippen LogP contribution in [0.5, 0.6) is 0 Å². The van der Waals surface area contributed by atoms with Crippen molar-refractivity contribution in [1.82, 2.24) is 14.5 Å². The van der Waals surface area contributed by atoms with E-state index in [0.29, 0.717) is 31.5 Å². The Balaban J connectivity index is 1.86. The summed E-state index contributed by atoms with van der Waals surface area (Å²) in [7, 11) is 1.93. The predicted octanol–water partition coefficient (Wildman–Crippen LogP) is 1.25. The molecule has 0 bridgehead atoms. The Bertz CT molecular complexity index is 390. The number of amides is 1. The minimum atomic E-state index is 0.207. The number of nitrogens with zero attached hydrogens (tertiary/aromatic N) is 3. The maximum atomic E-state index is 12.3. The Labute approximate surface area is 114 Å². The molecule has 1 amide bonds. The van der Waals surface area contributed by atoms with E-state index in [-0.39, 0.29) is 5.91 Å². The molecular weight excluding hydrogens is 240 g/mol. The van der Waals surface area contributed by atoms with E-state index in [1.54, 1.807) is 12.5 Å². The topological polar surface area (TPSA) is 64.2 Å². The van der Waals surface area contributed by atoms with Crippen molar-refractivity contribution in [3.63, 3.8) is 0 Å². The van der Waals surface area contributed by atoms with Crippen LogP contribution in [0.3, 0.4) is 0 Å². The molecule has 2 N–H and O–H groups in total. The van der Waals surface area contributed by atoms with Crippen LogP contribution in [0.2, 0.25) is 0 Å². The first-order chi connectivity index (χ1) is 9.22. The second-order valence-corrected chi connectivity index (χ2v) is 5.40. The van der Waals surface area contributed by atoms with Crippen LogP contribution in [0.4, 0.5) is 0 Å². The molecule has 2 unspecified atom stereocenters. The molecule has 106 valence electrons. The number of carbonyl (C=O) groups excluding carboxylic acids is 1. The first-order valence-electron chi connectivity index (χ1n) is 7.14. The molecule has 0 aliphatic heterocycles. The van der Waals surface area contributed by atoms with Gasteiger partial charge in [-0.15, -0.1) is 0 Å². The third-order valence-electron chi connectivity index (χ3n) is 4.21. The van der Waals surface area contributed by atoms with Crippen molar-refractivity contribution in [2.45, 2.75) is 44.7 Å². The van der Waals surface area contributed by atoms with Gasteiger partial charge in [0.1, 0.15) is 0 Å². The summed E-state index contributed by atoms with van der Waals surface area (Å²) in [6, 6.07) is 0.328. The zero-order valence-electron chi connectivity index (χ0n) is 11.7. The monoisotopic (exact) mass is 264 g/mol. The zero-order valence-corrected chi connectivity index (χ0v) is 11.7. The second kappa shape index (κ2) is 6.70. The lowest BCUT2D eigenvalue weighted by molar-refractivity contribution is -0.133. The van der Waals surface area contributed by atoms with Crippen LogP contribution in [-0.4, -0.2) is 40.0 Å². The van der Waals surface area contributed by atoms with Crippen LogP contribution in [0.1, 0.15) is 32.1 Å². The highest BCUT2D eigenvalue weighted by Crippen LogP contribution is 2.27. The summed E-state index contributed by atoms with van der Waals surface area (Å²) in [5, 5.41) is 0. The minimum Gasteiger partial charge on any atom is -0.342 e. The molecule has 1 aliphatic carbocycles. The van der Waals surface area contributed by atoms with E-state index in [2.05, 4.69) is 4.98 Å². The van der Waals surface area contributed by atoms with Gasteiger partial charge in [0.15, 0.2) is 0 Å². The lowest BCUT2D eigenvalue weighted by Gasteiger charge is -2.37. The van der Waals surface area contributed by atoms with E-state index in [0.717, 1.165) is 12.8 Å². The van der Waals surface area contributed by atoms with Crippen LogP contribution in [0, 0.1) is 5.92 Å². The van der Waals surface area contributed by atoms with Crippen molar-refractivity contribution in [2.75, 3.05) is 13.6 Å². The maximum Gasteiger partial charge on any atom is 0.224 e. The van der Waals surface area contributed by atoms with Gasteiger partial charge in [0.25, 0.3) is 0 Å². The van der Waals surface area contributed by atoms with Gasteiger partial charge in [0.05, 0.1) is 6.33 Å². The van der Waals surface area contributed by atoms with Crippen molar-refractivity contribution in [1.29, 1.82) is 0 Å². The molecule has 0 spiro atoms. The lowest BCUT2D eigenvalue weighted by atomic mass is 9.83. The van der Waals surface area contributed by atoms with Gasteiger partial charge < -0.3 is 15.2 Å². The van der Waals surface area contributed by atoms with E-state index < -0.39 is 0 Å². The number of carbonyl (C=O) groups is 1. The maximum absolute atomic E-state index is 12.3. The first kappa shape index (κ1) is 14.1. The highest BCUT2D eigenvalue weighted by atomic mass is 16.2. The Hall–Kier alpha value is -1.36. The predicted molar refractivity (Wildman–Crippen MR) is 74.4 cm³/mol. The summed E-state index contributed by atoms with van der Waals surface area (Å²) in [4.78, 5) is 18.2. The summed E-state index contributed by atoms with van der Waals surface area (Å²) < 4.78 is 1.94. The number of hydrogen-bond donors (Lipinski definition) is 1. The average Bonchev–Trinajstić information content (AvgIpc) is 2.97. The summed E-state index contributed by atoms with van der Waals surface area (Å²) in [5.41, 5.74) is 5.83. The molecule has 2 atom stereocenters. The fourth-order valence-electron chi connectivity index (χ4n) is 2.98. The molecule has 0 aromatic carbocycles. The minimum absolute atomic E-state index is 0.207. The molecule has 1 aromatic rings. The molecule has 0 saturated heterocycles. The third-order valence-corrected chi connectivity index (χ3v) is 4.21. The average molecular weight is 264 g/mol. The van der Waals surface area contributed by atoms with Crippen molar-refractivity contribution >= 4 is 5.91 Å². The summed E-state index contributed by atoms with van der Waals surface area (Å²) in [6.45, 7) is 1.38. The summed E-state index contributed by atoms with van der Waals surface area (Å²) in [6.07, 6.45) is 10.6. The van der Waals surface area contributed by atoms with Gasteiger partial charge in [-0.2, -0.15) is 0 Å². The Morgan fingerprint density at radius 2 is 2.26 bits per heavy atom. The van der Waals surface area contributed by atoms with Gasteiger partial charge in [0, 0.05) is 38.4 Å². The number of imidazole rings is 1. The molecule has 5 nitrogen and oxygen atoms in total. The van der Waals surface area contributed by atoms with Crippen molar-refractivity contribution < 1.29 is 4.79 Å². The second-order valence-electron chi connectivity index (χ2n) is 5.40. The number of rotatable bonds is 5. The van der Waals surface area contributed by atoms with Gasteiger partial charge in [-0.05, 0) is 25.3 Å². The molecule has 19 heavy (non-hydrogen) atoms. The van der Waals surface area contributed by atoms with Crippen molar-refractivity contribution in [3.05, 3.63) is 18.7 Å². The molecule has 2 rings (SSSR count). The van der Waals surface area contributed by atoms with E-state index in [9.17, 15) is 4.79 Å². The van der Waals surface area contributed by atoms with Gasteiger partial charge in [-0.3, -0.25) is 4.79 Å². The van der Waals surface area contributed by atoms with Crippen LogP contribution in [-0.2, 0) is 11.3 Å². The number of aryl methyl sites for hydroxylation is 1. The molecular formula is C14H24N4O. The summed E-state index contributed by atoms with van der Waals surface area (Å²) in [5.74, 6) is 0.676. The van der Waals surface area contributed by atoms with E-state index >= 15 is 0 Å². The van der Waals surface area contributed by atoms with E-state index in [4.69, 9.17) is 5.73 Å². The molecule has 1 aromatic heterocycles. The molecule has 1 saturated carbocycles. The van der Waals surface area contributed by atoms with Gasteiger partial charge >= 0.3 is 0 Å². The van der Waals surface area contributed by atoms with Gasteiger partial charge in [0.2, 0.25) is 5.91 Å². The van der Waals surface area contributed by atoms with Gasteiger partial charge in [-0.1, -0.05) is 12.8 Å². The fraction of sp³-hybridized carbons (Fsp3) is 0.714. The number of hydrogen-bond acceptors (Lipinski definition) is 3. The Morgan fingerprint density at radius 1 is 1.47 bits per heavy atom. The third kappa shape index (κ3) is 3.56. The highest BCUT2D eigenvalue weighted by molar-refractivity contribution is 5.76. The zero-order chi connectivity index (χ0) is 13.7. The van der Waals surface area contributed by atoms with Crippen molar-refractivity contribution in [3.8, 4) is 0 Å². The number of aromatic nitrogens is 2. The normalized spacial score (nSPS) is 23.3. The van der Waals surface area contributed by atoms with Crippen LogP contribution < -0.4 is 5.73 Å². The van der Waals surface area contributed by atoms with Crippen molar-refractivity contribution in [2.24, 2.45) is 11.7 Å². The quantitative estimate of drug-likeness (QED) is 0.870. The fourth-order valence-corrected chi connectivity index (χ4v) is 2.98. The van der Waals surface area contributed by atoms with Gasteiger partial charge in [-0.25, -0.2) is 4.98 Å². The van der Waals surface area contributed by atoms with E-state index in [1.807, 2.05) is 22.7 Å². The SMILES string of the molecule is CN(C(=O)CCn1ccnc1)C1CCCCC1CN.